The van der Waals surface area contributed by atoms with Gasteiger partial charge in [-0.05, 0) is 32.0 Å². The van der Waals surface area contributed by atoms with E-state index >= 15 is 0 Å². The van der Waals surface area contributed by atoms with E-state index in [1.54, 1.807) is 0 Å². The molecule has 2 heterocycles. The molecule has 1 N–H and O–H groups in total. The van der Waals surface area contributed by atoms with Crippen LogP contribution >= 0.6 is 11.3 Å². The Kier molecular flexibility index (Phi) is 3.78. The first-order valence-electron chi connectivity index (χ1n) is 5.79. The number of hydrogen-bond acceptors (Lipinski definition) is 3. The minimum absolute atomic E-state index is 0.704. The summed E-state index contributed by atoms with van der Waals surface area (Å²) in [5.41, 5.74) is 0. The van der Waals surface area contributed by atoms with E-state index in [0.717, 1.165) is 6.54 Å². The van der Waals surface area contributed by atoms with Crippen molar-refractivity contribution in [3.05, 3.63) is 21.9 Å². The van der Waals surface area contributed by atoms with Gasteiger partial charge in [0.15, 0.2) is 0 Å². The van der Waals surface area contributed by atoms with Crippen LogP contribution in [0.15, 0.2) is 12.1 Å². The summed E-state index contributed by atoms with van der Waals surface area (Å²) in [4.78, 5) is 5.57. The molecule has 1 fully saturated rings. The quantitative estimate of drug-likeness (QED) is 0.842. The lowest BCUT2D eigenvalue weighted by molar-refractivity contribution is 0.325. The van der Waals surface area contributed by atoms with Crippen LogP contribution in [0.25, 0.3) is 0 Å². The van der Waals surface area contributed by atoms with Crippen molar-refractivity contribution in [2.75, 3.05) is 20.1 Å². The molecule has 0 saturated carbocycles. The molecule has 1 aliphatic rings. The third-order valence-corrected chi connectivity index (χ3v) is 4.34. The fourth-order valence-electron chi connectivity index (χ4n) is 2.13. The van der Waals surface area contributed by atoms with Gasteiger partial charge in [-0.15, -0.1) is 11.3 Å². The highest BCUT2D eigenvalue weighted by Crippen LogP contribution is 2.20. The number of likely N-dealkylation sites (tertiary alicyclic amines) is 1. The topological polar surface area (TPSA) is 15.3 Å². The molecular weight excluding hydrogens is 204 g/mol. The molecule has 0 aliphatic carbocycles. The number of nitrogens with zero attached hydrogens (tertiary/aromatic N) is 1. The van der Waals surface area contributed by atoms with Crippen molar-refractivity contribution >= 4 is 11.3 Å². The zero-order valence-corrected chi connectivity index (χ0v) is 10.4. The van der Waals surface area contributed by atoms with Crippen molar-refractivity contribution in [3.63, 3.8) is 0 Å². The Morgan fingerprint density at radius 3 is 2.87 bits per heavy atom. The standard InChI is InChI=1S/C12H20N2S/c1-3-11-4-5-12(15-11)9-14-7-6-10(8-14)13-2/h4-5,10,13H,3,6-9H2,1-2H3. The van der Waals surface area contributed by atoms with Crippen LogP contribution in [-0.4, -0.2) is 31.1 Å². The minimum atomic E-state index is 0.704. The van der Waals surface area contributed by atoms with Crippen molar-refractivity contribution in [3.8, 4) is 0 Å². The average molecular weight is 224 g/mol. The Bertz CT molecular complexity index is 308. The van der Waals surface area contributed by atoms with E-state index in [4.69, 9.17) is 0 Å². The molecule has 1 saturated heterocycles. The van der Waals surface area contributed by atoms with Crippen molar-refractivity contribution in [1.29, 1.82) is 0 Å². The SMILES string of the molecule is CCc1ccc(CN2CCC(NC)C2)s1. The van der Waals surface area contributed by atoms with Crippen molar-refractivity contribution < 1.29 is 0 Å². The maximum atomic E-state index is 3.36. The normalized spacial score (nSPS) is 22.4. The smallest absolute Gasteiger partial charge is 0.0328 e. The first-order chi connectivity index (χ1) is 7.31. The lowest BCUT2D eigenvalue weighted by Crippen LogP contribution is -2.29. The van der Waals surface area contributed by atoms with Gasteiger partial charge < -0.3 is 5.32 Å². The maximum Gasteiger partial charge on any atom is 0.0328 e. The fraction of sp³-hybridized carbons (Fsp3) is 0.667. The lowest BCUT2D eigenvalue weighted by atomic mass is 10.3. The fourth-order valence-corrected chi connectivity index (χ4v) is 3.13. The molecule has 0 bridgehead atoms. The highest BCUT2D eigenvalue weighted by Gasteiger charge is 2.20. The number of thiophene rings is 1. The second-order valence-corrected chi connectivity index (χ2v) is 5.48. The first kappa shape index (κ1) is 11.1. The molecule has 2 rings (SSSR count). The molecule has 0 spiro atoms. The van der Waals surface area contributed by atoms with E-state index in [1.807, 2.05) is 11.3 Å². The number of nitrogens with one attached hydrogen (secondary N) is 1. The third kappa shape index (κ3) is 2.80. The van der Waals surface area contributed by atoms with Gasteiger partial charge in [0, 0.05) is 35.4 Å². The number of aryl methyl sites for hydroxylation is 1. The van der Waals surface area contributed by atoms with Crippen molar-refractivity contribution in [2.24, 2.45) is 0 Å². The molecule has 0 radical (unpaired) electrons. The predicted octanol–water partition coefficient (Wildman–Crippen LogP) is 2.10. The lowest BCUT2D eigenvalue weighted by Gasteiger charge is -2.14. The average Bonchev–Trinajstić information content (AvgIpc) is 2.87. The largest absolute Gasteiger partial charge is 0.316 e. The molecule has 0 amide bonds. The minimum Gasteiger partial charge on any atom is -0.316 e. The molecule has 1 unspecified atom stereocenters. The molecule has 1 aliphatic heterocycles. The Morgan fingerprint density at radius 2 is 2.27 bits per heavy atom. The molecule has 2 nitrogen and oxygen atoms in total. The number of hydrogen-bond donors (Lipinski definition) is 1. The zero-order valence-electron chi connectivity index (χ0n) is 9.62. The van der Waals surface area contributed by atoms with Crippen LogP contribution in [0, 0.1) is 0 Å². The van der Waals surface area contributed by atoms with Gasteiger partial charge in [0.2, 0.25) is 0 Å². The van der Waals surface area contributed by atoms with Crippen LogP contribution in [0.4, 0.5) is 0 Å². The van der Waals surface area contributed by atoms with Crippen LogP contribution in [0.3, 0.4) is 0 Å². The van der Waals surface area contributed by atoms with E-state index in [2.05, 4.69) is 36.3 Å². The van der Waals surface area contributed by atoms with Crippen molar-refractivity contribution in [1.82, 2.24) is 10.2 Å². The monoisotopic (exact) mass is 224 g/mol. The number of rotatable bonds is 4. The Balaban J connectivity index is 1.87. The van der Waals surface area contributed by atoms with E-state index in [-0.39, 0.29) is 0 Å². The molecule has 1 aromatic heterocycles. The second-order valence-electron chi connectivity index (χ2n) is 4.23. The van der Waals surface area contributed by atoms with Gasteiger partial charge in [0.25, 0.3) is 0 Å². The molecular formula is C12H20N2S. The summed E-state index contributed by atoms with van der Waals surface area (Å²) >= 11 is 1.97. The van der Waals surface area contributed by atoms with Gasteiger partial charge >= 0.3 is 0 Å². The first-order valence-corrected chi connectivity index (χ1v) is 6.60. The summed E-state index contributed by atoms with van der Waals surface area (Å²) in [5, 5.41) is 3.36. The molecule has 1 atom stereocenters. The summed E-state index contributed by atoms with van der Waals surface area (Å²) in [6.07, 6.45) is 2.46. The van der Waals surface area contributed by atoms with Gasteiger partial charge in [-0.3, -0.25) is 4.90 Å². The van der Waals surface area contributed by atoms with Crippen LogP contribution in [-0.2, 0) is 13.0 Å². The summed E-state index contributed by atoms with van der Waals surface area (Å²) in [6.45, 7) is 5.81. The molecule has 3 heteroatoms. The van der Waals surface area contributed by atoms with Gasteiger partial charge in [0.05, 0.1) is 0 Å². The van der Waals surface area contributed by atoms with Crippen LogP contribution < -0.4 is 5.32 Å². The second kappa shape index (κ2) is 5.10. The van der Waals surface area contributed by atoms with Gasteiger partial charge in [-0.2, -0.15) is 0 Å². The number of likely N-dealkylation sites (N-methyl/N-ethyl adjacent to an activating group) is 1. The van der Waals surface area contributed by atoms with E-state index in [9.17, 15) is 0 Å². The highest BCUT2D eigenvalue weighted by molar-refractivity contribution is 7.11. The molecule has 15 heavy (non-hydrogen) atoms. The summed E-state index contributed by atoms with van der Waals surface area (Å²) in [7, 11) is 2.06. The third-order valence-electron chi connectivity index (χ3n) is 3.13. The van der Waals surface area contributed by atoms with Gasteiger partial charge in [-0.1, -0.05) is 6.92 Å². The summed E-state index contributed by atoms with van der Waals surface area (Å²) < 4.78 is 0. The van der Waals surface area contributed by atoms with Crippen LogP contribution in [0.5, 0.6) is 0 Å². The van der Waals surface area contributed by atoms with E-state index in [0.29, 0.717) is 6.04 Å². The van der Waals surface area contributed by atoms with Gasteiger partial charge in [0.1, 0.15) is 0 Å². The predicted molar refractivity (Wildman–Crippen MR) is 66.4 cm³/mol. The zero-order chi connectivity index (χ0) is 10.7. The van der Waals surface area contributed by atoms with Crippen LogP contribution in [0.2, 0.25) is 0 Å². The maximum absolute atomic E-state index is 3.36. The van der Waals surface area contributed by atoms with E-state index < -0.39 is 0 Å². The molecule has 84 valence electrons. The summed E-state index contributed by atoms with van der Waals surface area (Å²) in [5.74, 6) is 0. The molecule has 0 aromatic carbocycles. The Labute approximate surface area is 96.3 Å². The Morgan fingerprint density at radius 1 is 1.47 bits per heavy atom. The van der Waals surface area contributed by atoms with E-state index in [1.165, 1.54) is 35.7 Å². The van der Waals surface area contributed by atoms with Crippen molar-refractivity contribution in [2.45, 2.75) is 32.4 Å². The Hall–Kier alpha value is -0.380. The molecule has 1 aromatic rings. The van der Waals surface area contributed by atoms with Crippen LogP contribution in [0.1, 0.15) is 23.1 Å². The summed E-state index contributed by atoms with van der Waals surface area (Å²) in [6, 6.07) is 5.26. The highest BCUT2D eigenvalue weighted by atomic mass is 32.1. The van der Waals surface area contributed by atoms with Gasteiger partial charge in [-0.25, -0.2) is 0 Å².